The van der Waals surface area contributed by atoms with Crippen LogP contribution < -0.4 is 0 Å². The molecule has 1 N–H and O–H groups in total. The molecular formula is C16H13ClO2. The molecule has 0 atom stereocenters. The molecule has 3 heteroatoms. The zero-order valence-corrected chi connectivity index (χ0v) is 11.2. The third kappa shape index (κ3) is 3.04. The van der Waals surface area contributed by atoms with Gasteiger partial charge in [-0.3, -0.25) is 0 Å². The van der Waals surface area contributed by atoms with E-state index in [2.05, 4.69) is 0 Å². The van der Waals surface area contributed by atoms with Crippen molar-refractivity contribution in [1.82, 2.24) is 0 Å². The van der Waals surface area contributed by atoms with E-state index in [0.717, 1.165) is 5.56 Å². The predicted molar refractivity (Wildman–Crippen MR) is 78.1 cm³/mol. The van der Waals surface area contributed by atoms with E-state index in [1.165, 1.54) is 0 Å². The molecule has 2 nitrogen and oxygen atoms in total. The van der Waals surface area contributed by atoms with Gasteiger partial charge < -0.3 is 5.11 Å². The first-order valence-corrected chi connectivity index (χ1v) is 6.23. The lowest BCUT2D eigenvalue weighted by atomic mass is 9.98. The van der Waals surface area contributed by atoms with Crippen LogP contribution in [0.1, 0.15) is 16.7 Å². The summed E-state index contributed by atoms with van der Waals surface area (Å²) in [5.74, 6) is -0.964. The number of aryl methyl sites for hydroxylation is 1. The van der Waals surface area contributed by atoms with Gasteiger partial charge in [-0.15, -0.1) is 0 Å². The highest BCUT2D eigenvalue weighted by Crippen LogP contribution is 2.25. The Bertz CT molecular complexity index is 645. The SMILES string of the molecule is Cc1ccccc1/C(=C\c1ccccc1Cl)C(=O)O. The molecule has 0 saturated carbocycles. The van der Waals surface area contributed by atoms with Crippen molar-refractivity contribution < 1.29 is 9.90 Å². The third-order valence-corrected chi connectivity index (χ3v) is 3.21. The van der Waals surface area contributed by atoms with Crippen molar-refractivity contribution in [3.63, 3.8) is 0 Å². The quantitative estimate of drug-likeness (QED) is 0.669. The van der Waals surface area contributed by atoms with E-state index in [0.29, 0.717) is 16.1 Å². The van der Waals surface area contributed by atoms with Gasteiger partial charge in [0.05, 0.1) is 5.57 Å². The molecule has 2 aromatic carbocycles. The van der Waals surface area contributed by atoms with Crippen LogP contribution in [-0.4, -0.2) is 11.1 Å². The van der Waals surface area contributed by atoms with E-state index in [1.54, 1.807) is 24.3 Å². The minimum absolute atomic E-state index is 0.242. The summed E-state index contributed by atoms with van der Waals surface area (Å²) in [6, 6.07) is 14.6. The Hall–Kier alpha value is -2.06. The number of hydrogen-bond donors (Lipinski definition) is 1. The number of benzene rings is 2. The Balaban J connectivity index is 2.57. The van der Waals surface area contributed by atoms with Gasteiger partial charge in [0.15, 0.2) is 0 Å². The summed E-state index contributed by atoms with van der Waals surface area (Å²) in [4.78, 5) is 11.5. The van der Waals surface area contributed by atoms with E-state index in [1.807, 2.05) is 37.3 Å². The molecular weight excluding hydrogens is 260 g/mol. The third-order valence-electron chi connectivity index (χ3n) is 2.87. The fourth-order valence-electron chi connectivity index (χ4n) is 1.88. The minimum Gasteiger partial charge on any atom is -0.478 e. The van der Waals surface area contributed by atoms with Gasteiger partial charge >= 0.3 is 5.97 Å². The Labute approximate surface area is 117 Å². The molecule has 0 aliphatic heterocycles. The van der Waals surface area contributed by atoms with E-state index in [4.69, 9.17) is 11.6 Å². The Morgan fingerprint density at radius 1 is 1.11 bits per heavy atom. The second-order valence-electron chi connectivity index (χ2n) is 4.20. The van der Waals surface area contributed by atoms with E-state index in [9.17, 15) is 9.90 Å². The monoisotopic (exact) mass is 272 g/mol. The molecule has 0 heterocycles. The number of halogens is 1. The molecule has 0 aromatic heterocycles. The number of rotatable bonds is 3. The van der Waals surface area contributed by atoms with Gasteiger partial charge in [-0.2, -0.15) is 0 Å². The maximum Gasteiger partial charge on any atom is 0.336 e. The van der Waals surface area contributed by atoms with Crippen molar-refractivity contribution in [3.05, 3.63) is 70.2 Å². The molecule has 0 aliphatic rings. The van der Waals surface area contributed by atoms with E-state index in [-0.39, 0.29) is 5.57 Å². The lowest BCUT2D eigenvalue weighted by Gasteiger charge is -2.07. The molecule has 0 aliphatic carbocycles. The second kappa shape index (κ2) is 5.72. The second-order valence-corrected chi connectivity index (χ2v) is 4.61. The average Bonchev–Trinajstić information content (AvgIpc) is 2.38. The Morgan fingerprint density at radius 2 is 1.74 bits per heavy atom. The van der Waals surface area contributed by atoms with Crippen LogP contribution in [-0.2, 0) is 4.79 Å². The number of hydrogen-bond acceptors (Lipinski definition) is 1. The summed E-state index contributed by atoms with van der Waals surface area (Å²) in [7, 11) is 0. The first kappa shape index (κ1) is 13.4. The van der Waals surface area contributed by atoms with Crippen molar-refractivity contribution >= 4 is 29.2 Å². The zero-order valence-electron chi connectivity index (χ0n) is 10.4. The van der Waals surface area contributed by atoms with Crippen molar-refractivity contribution in [2.24, 2.45) is 0 Å². The van der Waals surface area contributed by atoms with Crippen LogP contribution in [0.5, 0.6) is 0 Å². The highest BCUT2D eigenvalue weighted by Gasteiger charge is 2.13. The van der Waals surface area contributed by atoms with Gasteiger partial charge in [-0.25, -0.2) is 4.79 Å². The fraction of sp³-hybridized carbons (Fsp3) is 0.0625. The average molecular weight is 273 g/mol. The lowest BCUT2D eigenvalue weighted by molar-refractivity contribution is -0.130. The molecule has 2 rings (SSSR count). The molecule has 0 saturated heterocycles. The number of carboxylic acids is 1. The molecule has 2 aromatic rings. The van der Waals surface area contributed by atoms with Crippen LogP contribution in [0.25, 0.3) is 11.6 Å². The first-order valence-electron chi connectivity index (χ1n) is 5.85. The largest absolute Gasteiger partial charge is 0.478 e. The summed E-state index contributed by atoms with van der Waals surface area (Å²) >= 11 is 6.06. The molecule has 0 fully saturated rings. The standard InChI is InChI=1S/C16H13ClO2/c1-11-6-2-4-8-13(11)14(16(18)19)10-12-7-3-5-9-15(12)17/h2-10H,1H3,(H,18,19)/b14-10+. The maximum absolute atomic E-state index is 11.5. The highest BCUT2D eigenvalue weighted by atomic mass is 35.5. The summed E-state index contributed by atoms with van der Waals surface area (Å²) in [5, 5.41) is 9.93. The van der Waals surface area contributed by atoms with Crippen LogP contribution in [0.4, 0.5) is 0 Å². The molecule has 0 unspecified atom stereocenters. The molecule has 0 amide bonds. The molecule has 0 bridgehead atoms. The minimum atomic E-state index is -0.964. The van der Waals surface area contributed by atoms with Gasteiger partial charge in [0, 0.05) is 5.02 Å². The molecule has 0 spiro atoms. The topological polar surface area (TPSA) is 37.3 Å². The van der Waals surface area contributed by atoms with Crippen LogP contribution in [0.15, 0.2) is 48.5 Å². The van der Waals surface area contributed by atoms with Crippen LogP contribution in [0.2, 0.25) is 5.02 Å². The lowest BCUT2D eigenvalue weighted by Crippen LogP contribution is -2.01. The van der Waals surface area contributed by atoms with Crippen LogP contribution in [0, 0.1) is 6.92 Å². The summed E-state index contributed by atoms with van der Waals surface area (Å²) in [5.41, 5.74) is 2.56. The van der Waals surface area contributed by atoms with Gasteiger partial charge in [0.1, 0.15) is 0 Å². The molecule has 96 valence electrons. The van der Waals surface area contributed by atoms with Crippen LogP contribution >= 0.6 is 11.6 Å². The van der Waals surface area contributed by atoms with Crippen molar-refractivity contribution in [2.75, 3.05) is 0 Å². The van der Waals surface area contributed by atoms with Gasteiger partial charge in [-0.05, 0) is 35.8 Å². The summed E-state index contributed by atoms with van der Waals surface area (Å²) in [6.45, 7) is 1.89. The van der Waals surface area contributed by atoms with Crippen LogP contribution in [0.3, 0.4) is 0 Å². The fourth-order valence-corrected chi connectivity index (χ4v) is 2.07. The number of carboxylic acid groups (broad SMARTS) is 1. The van der Waals surface area contributed by atoms with E-state index >= 15 is 0 Å². The van der Waals surface area contributed by atoms with Crippen molar-refractivity contribution in [1.29, 1.82) is 0 Å². The van der Waals surface area contributed by atoms with Gasteiger partial charge in [0.25, 0.3) is 0 Å². The first-order chi connectivity index (χ1) is 9.09. The van der Waals surface area contributed by atoms with Crippen molar-refractivity contribution in [3.8, 4) is 0 Å². The summed E-state index contributed by atoms with van der Waals surface area (Å²) in [6.07, 6.45) is 1.60. The highest BCUT2D eigenvalue weighted by molar-refractivity contribution is 6.33. The molecule has 0 radical (unpaired) electrons. The van der Waals surface area contributed by atoms with Gasteiger partial charge in [-0.1, -0.05) is 54.1 Å². The van der Waals surface area contributed by atoms with Gasteiger partial charge in [0.2, 0.25) is 0 Å². The smallest absolute Gasteiger partial charge is 0.336 e. The molecule has 19 heavy (non-hydrogen) atoms. The number of carbonyl (C=O) groups is 1. The van der Waals surface area contributed by atoms with E-state index < -0.39 is 5.97 Å². The van der Waals surface area contributed by atoms with Crippen molar-refractivity contribution in [2.45, 2.75) is 6.92 Å². The number of aliphatic carboxylic acids is 1. The Kier molecular flexibility index (Phi) is 4.03. The Morgan fingerprint density at radius 3 is 2.37 bits per heavy atom. The normalized spacial score (nSPS) is 11.4. The maximum atomic E-state index is 11.5. The summed E-state index contributed by atoms with van der Waals surface area (Å²) < 4.78 is 0. The zero-order chi connectivity index (χ0) is 13.8. The predicted octanol–water partition coefficient (Wildman–Crippen LogP) is 4.27.